The van der Waals surface area contributed by atoms with Gasteiger partial charge in [0.25, 0.3) is 5.91 Å². The summed E-state index contributed by atoms with van der Waals surface area (Å²) in [6.45, 7) is 3.72. The third kappa shape index (κ3) is 3.15. The lowest BCUT2D eigenvalue weighted by Crippen LogP contribution is -2.12. The van der Waals surface area contributed by atoms with Gasteiger partial charge in [0.15, 0.2) is 0 Å². The number of phenols is 1. The zero-order valence-corrected chi connectivity index (χ0v) is 12.3. The van der Waals surface area contributed by atoms with E-state index in [1.165, 1.54) is 6.07 Å². The molecule has 0 fully saturated rings. The van der Waals surface area contributed by atoms with Crippen molar-refractivity contribution >= 4 is 27.5 Å². The molecule has 3 nitrogen and oxygen atoms in total. The minimum absolute atomic E-state index is 0.188. The van der Waals surface area contributed by atoms with Crippen LogP contribution >= 0.6 is 15.9 Å². The Balaban J connectivity index is 2.25. The Morgan fingerprint density at radius 2 is 1.89 bits per heavy atom. The number of aryl methyl sites for hydroxylation is 2. The van der Waals surface area contributed by atoms with Gasteiger partial charge in [-0.1, -0.05) is 6.07 Å². The molecule has 0 aliphatic carbocycles. The highest BCUT2D eigenvalue weighted by Gasteiger charge is 2.09. The van der Waals surface area contributed by atoms with Crippen molar-refractivity contribution < 1.29 is 9.90 Å². The molecule has 2 aromatic carbocycles. The van der Waals surface area contributed by atoms with E-state index in [-0.39, 0.29) is 11.7 Å². The predicted molar refractivity (Wildman–Crippen MR) is 79.7 cm³/mol. The monoisotopic (exact) mass is 319 g/mol. The lowest BCUT2D eigenvalue weighted by molar-refractivity contribution is 0.102. The van der Waals surface area contributed by atoms with E-state index < -0.39 is 0 Å². The van der Waals surface area contributed by atoms with Crippen LogP contribution in [0.1, 0.15) is 21.5 Å². The minimum Gasteiger partial charge on any atom is -0.508 e. The van der Waals surface area contributed by atoms with E-state index in [0.29, 0.717) is 11.1 Å². The van der Waals surface area contributed by atoms with Crippen LogP contribution in [0, 0.1) is 13.8 Å². The maximum absolute atomic E-state index is 12.1. The molecule has 0 heterocycles. The van der Waals surface area contributed by atoms with Crippen LogP contribution in [0.15, 0.2) is 40.9 Å². The standard InChI is InChI=1S/C15H14BrNO2/c1-9-3-5-12(16)13(7-9)17-15(19)11-4-6-14(18)10(2)8-11/h3-8,18H,1-2H3,(H,17,19). The molecule has 4 heteroatoms. The zero-order valence-electron chi connectivity index (χ0n) is 10.7. The first-order valence-corrected chi connectivity index (χ1v) is 6.64. The van der Waals surface area contributed by atoms with Crippen molar-refractivity contribution in [1.82, 2.24) is 0 Å². The largest absolute Gasteiger partial charge is 0.508 e. The molecular weight excluding hydrogens is 306 g/mol. The Morgan fingerprint density at radius 3 is 2.58 bits per heavy atom. The summed E-state index contributed by atoms with van der Waals surface area (Å²) in [5.74, 6) is -0.0114. The molecule has 0 aromatic heterocycles. The quantitative estimate of drug-likeness (QED) is 0.878. The van der Waals surface area contributed by atoms with E-state index >= 15 is 0 Å². The number of hydrogen-bond donors (Lipinski definition) is 2. The topological polar surface area (TPSA) is 49.3 Å². The predicted octanol–water partition coefficient (Wildman–Crippen LogP) is 4.02. The van der Waals surface area contributed by atoms with Gasteiger partial charge < -0.3 is 10.4 Å². The van der Waals surface area contributed by atoms with Gasteiger partial charge in [0.1, 0.15) is 5.75 Å². The van der Waals surface area contributed by atoms with E-state index in [1.54, 1.807) is 19.1 Å². The summed E-state index contributed by atoms with van der Waals surface area (Å²) >= 11 is 3.40. The van der Waals surface area contributed by atoms with Crippen LogP contribution in [0.5, 0.6) is 5.75 Å². The van der Waals surface area contributed by atoms with Crippen molar-refractivity contribution in [3.05, 3.63) is 57.6 Å². The second-order valence-corrected chi connectivity index (χ2v) is 5.29. The number of phenolic OH excluding ortho intramolecular Hbond substituents is 1. The molecule has 0 aliphatic rings. The molecule has 0 aliphatic heterocycles. The summed E-state index contributed by atoms with van der Waals surface area (Å²) in [7, 11) is 0. The fourth-order valence-electron chi connectivity index (χ4n) is 1.73. The lowest BCUT2D eigenvalue weighted by atomic mass is 10.1. The first-order valence-electron chi connectivity index (χ1n) is 5.84. The van der Waals surface area contributed by atoms with Gasteiger partial charge >= 0.3 is 0 Å². The second-order valence-electron chi connectivity index (χ2n) is 4.44. The number of hydrogen-bond acceptors (Lipinski definition) is 2. The number of benzene rings is 2. The van der Waals surface area contributed by atoms with Gasteiger partial charge in [0.05, 0.1) is 5.69 Å². The molecule has 0 radical (unpaired) electrons. The molecular formula is C15H14BrNO2. The minimum atomic E-state index is -0.200. The van der Waals surface area contributed by atoms with Crippen LogP contribution < -0.4 is 5.32 Å². The molecule has 2 N–H and O–H groups in total. The van der Waals surface area contributed by atoms with Crippen molar-refractivity contribution in [2.75, 3.05) is 5.32 Å². The second kappa shape index (κ2) is 5.45. The Bertz CT molecular complexity index is 638. The molecule has 0 atom stereocenters. The van der Waals surface area contributed by atoms with Crippen molar-refractivity contribution in [2.24, 2.45) is 0 Å². The molecule has 0 bridgehead atoms. The van der Waals surface area contributed by atoms with Crippen LogP contribution in [0.4, 0.5) is 5.69 Å². The zero-order chi connectivity index (χ0) is 14.0. The van der Waals surface area contributed by atoms with E-state index in [9.17, 15) is 9.90 Å². The summed E-state index contributed by atoms with van der Waals surface area (Å²) in [6.07, 6.45) is 0. The first-order chi connectivity index (χ1) is 8.97. The molecule has 2 aromatic rings. The molecule has 19 heavy (non-hydrogen) atoms. The number of amides is 1. The number of carbonyl (C=O) groups is 1. The first kappa shape index (κ1) is 13.6. The van der Waals surface area contributed by atoms with Crippen LogP contribution in [0.3, 0.4) is 0 Å². The number of anilines is 1. The number of halogens is 1. The van der Waals surface area contributed by atoms with E-state index in [4.69, 9.17) is 0 Å². The fourth-order valence-corrected chi connectivity index (χ4v) is 2.07. The smallest absolute Gasteiger partial charge is 0.255 e. The molecule has 1 amide bonds. The van der Waals surface area contributed by atoms with Crippen molar-refractivity contribution in [3.63, 3.8) is 0 Å². The van der Waals surface area contributed by atoms with Crippen LogP contribution in [-0.4, -0.2) is 11.0 Å². The Labute approximate surface area is 120 Å². The molecule has 0 unspecified atom stereocenters. The molecule has 98 valence electrons. The van der Waals surface area contributed by atoms with Crippen molar-refractivity contribution in [1.29, 1.82) is 0 Å². The number of nitrogens with one attached hydrogen (secondary N) is 1. The van der Waals surface area contributed by atoms with Gasteiger partial charge in [0, 0.05) is 10.0 Å². The van der Waals surface area contributed by atoms with E-state index in [1.807, 2.05) is 25.1 Å². The summed E-state index contributed by atoms with van der Waals surface area (Å²) in [5, 5.41) is 12.3. The summed E-state index contributed by atoms with van der Waals surface area (Å²) < 4.78 is 0.835. The third-order valence-corrected chi connectivity index (χ3v) is 3.52. The SMILES string of the molecule is Cc1ccc(Br)c(NC(=O)c2ccc(O)c(C)c2)c1. The third-order valence-electron chi connectivity index (χ3n) is 2.83. The number of rotatable bonds is 2. The van der Waals surface area contributed by atoms with E-state index in [2.05, 4.69) is 21.2 Å². The average Bonchev–Trinajstić information content (AvgIpc) is 2.37. The summed E-state index contributed by atoms with van der Waals surface area (Å²) in [5.41, 5.74) is 3.00. The van der Waals surface area contributed by atoms with Gasteiger partial charge in [-0.05, 0) is 71.2 Å². The molecule has 0 spiro atoms. The highest BCUT2D eigenvalue weighted by atomic mass is 79.9. The van der Waals surface area contributed by atoms with Gasteiger partial charge in [-0.2, -0.15) is 0 Å². The Kier molecular flexibility index (Phi) is 3.90. The van der Waals surface area contributed by atoms with Crippen LogP contribution in [0.2, 0.25) is 0 Å². The normalized spacial score (nSPS) is 10.3. The Hall–Kier alpha value is -1.81. The Morgan fingerprint density at radius 1 is 1.16 bits per heavy atom. The van der Waals surface area contributed by atoms with Crippen LogP contribution in [0.25, 0.3) is 0 Å². The van der Waals surface area contributed by atoms with Crippen LogP contribution in [-0.2, 0) is 0 Å². The van der Waals surface area contributed by atoms with Crippen molar-refractivity contribution in [3.8, 4) is 5.75 Å². The van der Waals surface area contributed by atoms with E-state index in [0.717, 1.165) is 15.7 Å². The number of aromatic hydroxyl groups is 1. The lowest BCUT2D eigenvalue weighted by Gasteiger charge is -2.09. The van der Waals surface area contributed by atoms with Gasteiger partial charge in [-0.25, -0.2) is 0 Å². The highest BCUT2D eigenvalue weighted by molar-refractivity contribution is 9.10. The van der Waals surface area contributed by atoms with Gasteiger partial charge in [-0.15, -0.1) is 0 Å². The summed E-state index contributed by atoms with van der Waals surface area (Å²) in [4.78, 5) is 12.1. The highest BCUT2D eigenvalue weighted by Crippen LogP contribution is 2.24. The molecule has 0 saturated heterocycles. The fraction of sp³-hybridized carbons (Fsp3) is 0.133. The maximum atomic E-state index is 12.1. The number of carbonyl (C=O) groups excluding carboxylic acids is 1. The van der Waals surface area contributed by atoms with Gasteiger partial charge in [0.2, 0.25) is 0 Å². The molecule has 0 saturated carbocycles. The maximum Gasteiger partial charge on any atom is 0.255 e. The molecule has 2 rings (SSSR count). The summed E-state index contributed by atoms with van der Waals surface area (Å²) in [6, 6.07) is 10.5. The van der Waals surface area contributed by atoms with Crippen molar-refractivity contribution in [2.45, 2.75) is 13.8 Å². The average molecular weight is 320 g/mol. The van der Waals surface area contributed by atoms with Gasteiger partial charge in [-0.3, -0.25) is 4.79 Å².